The van der Waals surface area contributed by atoms with Crippen LogP contribution < -0.4 is 15.4 Å². The molecule has 0 atom stereocenters. The fraction of sp³-hybridized carbons (Fsp3) is 0.143. The van der Waals surface area contributed by atoms with Crippen LogP contribution in [0.5, 0.6) is 11.5 Å². The number of hydrogen-bond acceptors (Lipinski definition) is 4. The third kappa shape index (κ3) is 5.74. The number of nitrogens with one attached hydrogen (secondary N) is 2. The largest absolute Gasteiger partial charge is 0.459 e. The number of carbonyl (C=O) groups is 2. The number of hydrogen-bond donors (Lipinski definition) is 2. The summed E-state index contributed by atoms with van der Waals surface area (Å²) in [5.41, 5.74) is 0.660. The van der Waals surface area contributed by atoms with Gasteiger partial charge in [0.25, 0.3) is 5.91 Å². The third-order valence-corrected chi connectivity index (χ3v) is 3.71. The van der Waals surface area contributed by atoms with E-state index in [1.165, 1.54) is 6.26 Å². The van der Waals surface area contributed by atoms with Gasteiger partial charge in [0.05, 0.1) is 6.26 Å². The van der Waals surface area contributed by atoms with Crippen molar-refractivity contribution in [2.45, 2.75) is 12.8 Å². The lowest BCUT2D eigenvalue weighted by Gasteiger charge is -2.09. The third-order valence-electron chi connectivity index (χ3n) is 3.71. The Morgan fingerprint density at radius 3 is 2.52 bits per heavy atom. The summed E-state index contributed by atoms with van der Waals surface area (Å²) in [7, 11) is 0. The zero-order chi connectivity index (χ0) is 18.9. The van der Waals surface area contributed by atoms with Gasteiger partial charge < -0.3 is 19.8 Å². The number of carbonyl (C=O) groups excluding carboxylic acids is 2. The van der Waals surface area contributed by atoms with Crippen molar-refractivity contribution in [2.24, 2.45) is 0 Å². The molecule has 6 nitrogen and oxygen atoms in total. The number of benzene rings is 2. The summed E-state index contributed by atoms with van der Waals surface area (Å²) in [6, 6.07) is 19.9. The van der Waals surface area contributed by atoms with Crippen molar-refractivity contribution in [3.8, 4) is 11.5 Å². The van der Waals surface area contributed by atoms with E-state index in [4.69, 9.17) is 9.15 Å². The highest BCUT2D eigenvalue weighted by Crippen LogP contribution is 2.23. The topological polar surface area (TPSA) is 80.6 Å². The van der Waals surface area contributed by atoms with Crippen LogP contribution >= 0.6 is 0 Å². The molecule has 0 saturated heterocycles. The summed E-state index contributed by atoms with van der Waals surface area (Å²) < 4.78 is 10.8. The molecule has 0 bridgehead atoms. The fourth-order valence-electron chi connectivity index (χ4n) is 2.43. The van der Waals surface area contributed by atoms with Crippen molar-refractivity contribution in [3.05, 3.63) is 78.8 Å². The summed E-state index contributed by atoms with van der Waals surface area (Å²) in [5.74, 6) is 1.22. The molecule has 0 spiro atoms. The second-order valence-corrected chi connectivity index (χ2v) is 5.83. The first-order chi connectivity index (χ1) is 13.2. The number of para-hydroxylation sites is 1. The Balaban J connectivity index is 1.42. The van der Waals surface area contributed by atoms with Crippen molar-refractivity contribution in [1.82, 2.24) is 5.32 Å². The maximum Gasteiger partial charge on any atom is 0.286 e. The van der Waals surface area contributed by atoms with Crippen LogP contribution in [0.15, 0.2) is 77.4 Å². The van der Waals surface area contributed by atoms with Gasteiger partial charge in [-0.05, 0) is 42.8 Å². The molecule has 0 aliphatic carbocycles. The molecule has 27 heavy (non-hydrogen) atoms. The molecule has 0 aliphatic heterocycles. The minimum absolute atomic E-state index is 0.126. The Bertz CT molecular complexity index is 876. The van der Waals surface area contributed by atoms with E-state index in [1.54, 1.807) is 24.3 Å². The second-order valence-electron chi connectivity index (χ2n) is 5.83. The van der Waals surface area contributed by atoms with Crippen molar-refractivity contribution in [2.75, 3.05) is 11.9 Å². The lowest BCUT2D eigenvalue weighted by Crippen LogP contribution is -2.25. The number of rotatable bonds is 8. The van der Waals surface area contributed by atoms with Crippen molar-refractivity contribution >= 4 is 17.5 Å². The standard InChI is InChI=1S/C21H20N2O4/c24-20(12-5-13-22-21(25)19-11-6-14-26-19)23-16-7-4-10-18(15-16)27-17-8-2-1-3-9-17/h1-4,6-11,14-15H,5,12-13H2,(H,22,25)(H,23,24). The van der Waals surface area contributed by atoms with E-state index in [1.807, 2.05) is 42.5 Å². The van der Waals surface area contributed by atoms with Gasteiger partial charge in [-0.15, -0.1) is 0 Å². The maximum absolute atomic E-state index is 12.1. The number of furan rings is 1. The Morgan fingerprint density at radius 1 is 0.926 bits per heavy atom. The summed E-state index contributed by atoms with van der Waals surface area (Å²) in [4.78, 5) is 23.8. The molecule has 1 heterocycles. The molecule has 3 aromatic rings. The first kappa shape index (κ1) is 18.3. The SMILES string of the molecule is O=C(CCCNC(=O)c1ccco1)Nc1cccc(Oc2ccccc2)c1. The Morgan fingerprint density at radius 2 is 1.74 bits per heavy atom. The van der Waals surface area contributed by atoms with E-state index in [2.05, 4.69) is 10.6 Å². The lowest BCUT2D eigenvalue weighted by molar-refractivity contribution is -0.116. The van der Waals surface area contributed by atoms with Crippen LogP contribution in [0.25, 0.3) is 0 Å². The summed E-state index contributed by atoms with van der Waals surface area (Å²) in [5, 5.41) is 5.54. The molecule has 0 saturated carbocycles. The molecular weight excluding hydrogens is 344 g/mol. The van der Waals surface area contributed by atoms with Gasteiger partial charge in [-0.3, -0.25) is 9.59 Å². The fourth-order valence-corrected chi connectivity index (χ4v) is 2.43. The van der Waals surface area contributed by atoms with E-state index in [0.717, 1.165) is 5.75 Å². The quantitative estimate of drug-likeness (QED) is 0.587. The van der Waals surface area contributed by atoms with Gasteiger partial charge in [-0.25, -0.2) is 0 Å². The average molecular weight is 364 g/mol. The number of amides is 2. The van der Waals surface area contributed by atoms with E-state index in [-0.39, 0.29) is 17.6 Å². The van der Waals surface area contributed by atoms with Crippen LogP contribution in [0.2, 0.25) is 0 Å². The predicted octanol–water partition coefficient (Wildman–Crippen LogP) is 4.22. The molecule has 138 valence electrons. The van der Waals surface area contributed by atoms with E-state index < -0.39 is 0 Å². The first-order valence-corrected chi connectivity index (χ1v) is 8.65. The average Bonchev–Trinajstić information content (AvgIpc) is 3.21. The van der Waals surface area contributed by atoms with Crippen LogP contribution in [0.3, 0.4) is 0 Å². The van der Waals surface area contributed by atoms with Gasteiger partial charge in [0.2, 0.25) is 5.91 Å². The van der Waals surface area contributed by atoms with Gasteiger partial charge in [-0.1, -0.05) is 24.3 Å². The lowest BCUT2D eigenvalue weighted by atomic mass is 10.2. The van der Waals surface area contributed by atoms with Crippen LogP contribution in [0.4, 0.5) is 5.69 Å². The van der Waals surface area contributed by atoms with Gasteiger partial charge in [0, 0.05) is 24.7 Å². The van der Waals surface area contributed by atoms with Gasteiger partial charge in [0.1, 0.15) is 11.5 Å². The minimum atomic E-state index is -0.286. The highest BCUT2D eigenvalue weighted by Gasteiger charge is 2.08. The van der Waals surface area contributed by atoms with E-state index in [0.29, 0.717) is 30.8 Å². The molecular formula is C21H20N2O4. The molecule has 2 amide bonds. The summed E-state index contributed by atoms with van der Waals surface area (Å²) >= 11 is 0. The van der Waals surface area contributed by atoms with Crippen LogP contribution in [0, 0.1) is 0 Å². The molecule has 3 rings (SSSR count). The molecule has 0 unspecified atom stereocenters. The zero-order valence-electron chi connectivity index (χ0n) is 14.7. The normalized spacial score (nSPS) is 10.2. The Labute approximate surface area is 157 Å². The molecule has 6 heteroatoms. The highest BCUT2D eigenvalue weighted by atomic mass is 16.5. The highest BCUT2D eigenvalue weighted by molar-refractivity contribution is 5.92. The molecule has 0 aliphatic rings. The van der Waals surface area contributed by atoms with Crippen LogP contribution in [-0.2, 0) is 4.79 Å². The minimum Gasteiger partial charge on any atom is -0.459 e. The molecule has 0 radical (unpaired) electrons. The van der Waals surface area contributed by atoms with Gasteiger partial charge in [0.15, 0.2) is 5.76 Å². The van der Waals surface area contributed by atoms with Crippen LogP contribution in [0.1, 0.15) is 23.4 Å². The summed E-state index contributed by atoms with van der Waals surface area (Å²) in [6.07, 6.45) is 2.26. The molecule has 2 aromatic carbocycles. The molecule has 1 aromatic heterocycles. The van der Waals surface area contributed by atoms with E-state index in [9.17, 15) is 9.59 Å². The van der Waals surface area contributed by atoms with Crippen molar-refractivity contribution < 1.29 is 18.7 Å². The van der Waals surface area contributed by atoms with Gasteiger partial charge >= 0.3 is 0 Å². The maximum atomic E-state index is 12.1. The monoisotopic (exact) mass is 364 g/mol. The van der Waals surface area contributed by atoms with E-state index >= 15 is 0 Å². The number of anilines is 1. The van der Waals surface area contributed by atoms with Crippen molar-refractivity contribution in [1.29, 1.82) is 0 Å². The molecule has 2 N–H and O–H groups in total. The smallest absolute Gasteiger partial charge is 0.286 e. The molecule has 0 fully saturated rings. The Hall–Kier alpha value is -3.54. The Kier molecular flexibility index (Phi) is 6.25. The van der Waals surface area contributed by atoms with Crippen LogP contribution in [-0.4, -0.2) is 18.4 Å². The number of ether oxygens (including phenoxy) is 1. The van der Waals surface area contributed by atoms with Gasteiger partial charge in [-0.2, -0.15) is 0 Å². The second kappa shape index (κ2) is 9.24. The van der Waals surface area contributed by atoms with Crippen molar-refractivity contribution in [3.63, 3.8) is 0 Å². The summed E-state index contributed by atoms with van der Waals surface area (Å²) in [6.45, 7) is 0.393. The first-order valence-electron chi connectivity index (χ1n) is 8.65. The predicted molar refractivity (Wildman–Crippen MR) is 102 cm³/mol. The zero-order valence-corrected chi connectivity index (χ0v) is 14.7.